The van der Waals surface area contributed by atoms with Crippen LogP contribution in [0.4, 0.5) is 0 Å². The van der Waals surface area contributed by atoms with Crippen molar-refractivity contribution in [3.63, 3.8) is 0 Å². The molecule has 0 saturated carbocycles. The summed E-state index contributed by atoms with van der Waals surface area (Å²) in [6.07, 6.45) is 3.33. The summed E-state index contributed by atoms with van der Waals surface area (Å²) in [6.45, 7) is 3.11. The number of aromatic nitrogens is 2. The summed E-state index contributed by atoms with van der Waals surface area (Å²) in [5.74, 6) is -0.777. The van der Waals surface area contributed by atoms with Crippen molar-refractivity contribution < 1.29 is 14.4 Å². The number of carbonyl (C=O) groups excluding carboxylic acids is 3. The Morgan fingerprint density at radius 2 is 1.91 bits per heavy atom. The fourth-order valence-electron chi connectivity index (χ4n) is 2.53. The smallest absolute Gasteiger partial charge is 0.244 e. The molecule has 1 N–H and O–H groups in total. The summed E-state index contributed by atoms with van der Waals surface area (Å²) in [4.78, 5) is 39.2. The molecule has 1 atom stereocenters. The average molecular weight is 307 g/mol. The lowest BCUT2D eigenvalue weighted by Crippen LogP contribution is -2.42. The first-order valence-corrected chi connectivity index (χ1v) is 7.23. The molecule has 0 aromatic carbocycles. The van der Waals surface area contributed by atoms with Gasteiger partial charge in [0.25, 0.3) is 0 Å². The third-order valence-corrected chi connectivity index (χ3v) is 3.79. The molecule has 2 rings (SSSR count). The Kier molecular flexibility index (Phi) is 5.13. The second kappa shape index (κ2) is 7.06. The molecule has 8 heteroatoms. The molecule has 0 radical (unpaired) electrons. The Hall–Kier alpha value is -2.38. The zero-order valence-corrected chi connectivity index (χ0v) is 12.9. The second-order valence-electron chi connectivity index (χ2n) is 5.32. The topological polar surface area (TPSA) is 87.5 Å². The molecule has 0 aliphatic carbocycles. The van der Waals surface area contributed by atoms with Crippen LogP contribution in [0.5, 0.6) is 0 Å². The van der Waals surface area contributed by atoms with Gasteiger partial charge in [-0.15, -0.1) is 0 Å². The molecule has 1 aromatic heterocycles. The van der Waals surface area contributed by atoms with Gasteiger partial charge < -0.3 is 15.1 Å². The second-order valence-corrected chi connectivity index (χ2v) is 5.32. The van der Waals surface area contributed by atoms with Crippen LogP contribution in [0.15, 0.2) is 18.5 Å². The predicted octanol–water partition coefficient (Wildman–Crippen LogP) is -1.06. The molecular weight excluding hydrogens is 286 g/mol. The molecule has 1 aliphatic heterocycles. The first-order valence-electron chi connectivity index (χ1n) is 7.23. The number of carbonyl (C=O) groups is 3. The molecule has 1 fully saturated rings. The van der Waals surface area contributed by atoms with Gasteiger partial charge in [-0.3, -0.25) is 19.1 Å². The lowest BCUT2D eigenvalue weighted by Gasteiger charge is -2.23. The molecule has 22 heavy (non-hydrogen) atoms. The molecule has 1 saturated heterocycles. The highest BCUT2D eigenvalue weighted by atomic mass is 16.2. The van der Waals surface area contributed by atoms with E-state index in [-0.39, 0.29) is 24.3 Å². The van der Waals surface area contributed by atoms with Crippen molar-refractivity contribution in [1.82, 2.24) is 24.9 Å². The van der Waals surface area contributed by atoms with Gasteiger partial charge in [0.2, 0.25) is 17.7 Å². The van der Waals surface area contributed by atoms with Gasteiger partial charge in [-0.1, -0.05) is 0 Å². The minimum absolute atomic E-state index is 0.0877. The van der Waals surface area contributed by atoms with Crippen LogP contribution in [0.25, 0.3) is 0 Å². The summed E-state index contributed by atoms with van der Waals surface area (Å²) in [5.41, 5.74) is 0. The van der Waals surface area contributed by atoms with E-state index in [2.05, 4.69) is 10.4 Å². The van der Waals surface area contributed by atoms with E-state index in [1.807, 2.05) is 0 Å². The van der Waals surface area contributed by atoms with E-state index in [0.717, 1.165) is 0 Å². The Morgan fingerprint density at radius 3 is 2.50 bits per heavy atom. The predicted molar refractivity (Wildman–Crippen MR) is 78.6 cm³/mol. The van der Waals surface area contributed by atoms with Gasteiger partial charge in [-0.25, -0.2) is 0 Å². The van der Waals surface area contributed by atoms with Gasteiger partial charge in [-0.2, -0.15) is 5.10 Å². The summed E-state index contributed by atoms with van der Waals surface area (Å²) < 4.78 is 1.55. The monoisotopic (exact) mass is 307 g/mol. The van der Waals surface area contributed by atoms with Crippen molar-refractivity contribution in [2.45, 2.75) is 13.5 Å². The SMILES string of the molecule is CNC(=O)[C@H]1CN(C(C)=O)CCN(C(=O)Cn2cccn2)C1. The maximum atomic E-state index is 12.4. The first kappa shape index (κ1) is 16.0. The normalized spacial score (nSPS) is 18.7. The van der Waals surface area contributed by atoms with Gasteiger partial charge in [0, 0.05) is 52.5 Å². The Balaban J connectivity index is 2.08. The summed E-state index contributed by atoms with van der Waals surface area (Å²) in [6, 6.07) is 1.75. The van der Waals surface area contributed by atoms with Crippen molar-refractivity contribution in [1.29, 1.82) is 0 Å². The molecule has 8 nitrogen and oxygen atoms in total. The molecule has 0 spiro atoms. The van der Waals surface area contributed by atoms with E-state index < -0.39 is 5.92 Å². The van der Waals surface area contributed by atoms with E-state index >= 15 is 0 Å². The number of nitrogens with one attached hydrogen (secondary N) is 1. The van der Waals surface area contributed by atoms with Gasteiger partial charge >= 0.3 is 0 Å². The van der Waals surface area contributed by atoms with Crippen LogP contribution < -0.4 is 5.32 Å². The van der Waals surface area contributed by atoms with Crippen LogP contribution in [-0.4, -0.2) is 70.5 Å². The standard InChI is InChI=1S/C14H21N5O3/c1-11(20)17-6-7-18(9-12(8-17)14(22)15-2)13(21)10-19-5-3-4-16-19/h3-5,12H,6-10H2,1-2H3,(H,15,22)/t12-/m0/s1. The van der Waals surface area contributed by atoms with Crippen molar-refractivity contribution >= 4 is 17.7 Å². The highest BCUT2D eigenvalue weighted by molar-refractivity contribution is 5.82. The number of hydrogen-bond donors (Lipinski definition) is 1. The minimum Gasteiger partial charge on any atom is -0.359 e. The maximum Gasteiger partial charge on any atom is 0.244 e. The number of hydrogen-bond acceptors (Lipinski definition) is 4. The van der Waals surface area contributed by atoms with Crippen molar-refractivity contribution in [2.24, 2.45) is 5.92 Å². The highest BCUT2D eigenvalue weighted by Gasteiger charge is 2.30. The fraction of sp³-hybridized carbons (Fsp3) is 0.571. The number of amides is 3. The summed E-state index contributed by atoms with van der Waals surface area (Å²) >= 11 is 0. The minimum atomic E-state index is -0.419. The molecule has 0 unspecified atom stereocenters. The summed E-state index contributed by atoms with van der Waals surface area (Å²) in [5, 5.41) is 6.61. The summed E-state index contributed by atoms with van der Waals surface area (Å²) in [7, 11) is 1.56. The zero-order chi connectivity index (χ0) is 16.1. The lowest BCUT2D eigenvalue weighted by atomic mass is 10.1. The quantitative estimate of drug-likeness (QED) is 0.771. The molecule has 1 aromatic rings. The van der Waals surface area contributed by atoms with Crippen LogP contribution in [0, 0.1) is 5.92 Å². The molecular formula is C14H21N5O3. The number of rotatable bonds is 3. The molecule has 120 valence electrons. The van der Waals surface area contributed by atoms with Crippen molar-refractivity contribution in [3.05, 3.63) is 18.5 Å². The number of nitrogens with zero attached hydrogens (tertiary/aromatic N) is 4. The highest BCUT2D eigenvalue weighted by Crippen LogP contribution is 2.11. The Bertz CT molecular complexity index is 543. The fourth-order valence-corrected chi connectivity index (χ4v) is 2.53. The van der Waals surface area contributed by atoms with Gasteiger partial charge in [0.15, 0.2) is 0 Å². The van der Waals surface area contributed by atoms with Crippen LogP contribution in [0.2, 0.25) is 0 Å². The molecule has 1 aliphatic rings. The van der Waals surface area contributed by atoms with E-state index in [1.165, 1.54) is 6.92 Å². The third-order valence-electron chi connectivity index (χ3n) is 3.79. The van der Waals surface area contributed by atoms with Gasteiger partial charge in [0.1, 0.15) is 6.54 Å². The largest absolute Gasteiger partial charge is 0.359 e. The van der Waals surface area contributed by atoms with E-state index in [0.29, 0.717) is 26.2 Å². The first-order chi connectivity index (χ1) is 10.5. The maximum absolute atomic E-state index is 12.4. The van der Waals surface area contributed by atoms with Crippen LogP contribution in [0.1, 0.15) is 6.92 Å². The van der Waals surface area contributed by atoms with Crippen LogP contribution in [-0.2, 0) is 20.9 Å². The van der Waals surface area contributed by atoms with Crippen LogP contribution >= 0.6 is 0 Å². The van der Waals surface area contributed by atoms with E-state index in [1.54, 1.807) is 40.0 Å². The van der Waals surface area contributed by atoms with Crippen molar-refractivity contribution in [3.8, 4) is 0 Å². The van der Waals surface area contributed by atoms with Gasteiger partial charge in [0.05, 0.1) is 5.92 Å². The van der Waals surface area contributed by atoms with Crippen LogP contribution in [0.3, 0.4) is 0 Å². The molecule has 0 bridgehead atoms. The van der Waals surface area contributed by atoms with Crippen molar-refractivity contribution in [2.75, 3.05) is 33.2 Å². The molecule has 3 amide bonds. The average Bonchev–Trinajstić information content (AvgIpc) is 2.88. The Morgan fingerprint density at radius 1 is 1.23 bits per heavy atom. The molecule has 2 heterocycles. The lowest BCUT2D eigenvalue weighted by molar-refractivity contribution is -0.133. The van der Waals surface area contributed by atoms with E-state index in [4.69, 9.17) is 0 Å². The third kappa shape index (κ3) is 3.84. The zero-order valence-electron chi connectivity index (χ0n) is 12.9. The van der Waals surface area contributed by atoms with Gasteiger partial charge in [-0.05, 0) is 6.07 Å². The Labute approximate surface area is 129 Å². The van der Waals surface area contributed by atoms with E-state index in [9.17, 15) is 14.4 Å².